The summed E-state index contributed by atoms with van der Waals surface area (Å²) in [5.41, 5.74) is 0. The van der Waals surface area contributed by atoms with Gasteiger partial charge in [0.2, 0.25) is 0 Å². The molecule has 2 heterocycles. The summed E-state index contributed by atoms with van der Waals surface area (Å²) in [7, 11) is 2.21. The highest BCUT2D eigenvalue weighted by Crippen LogP contribution is 2.39. The molecule has 5 heteroatoms. The van der Waals surface area contributed by atoms with E-state index in [1.165, 1.54) is 12.8 Å². The minimum Gasteiger partial charge on any atom is -0.314 e. The van der Waals surface area contributed by atoms with Gasteiger partial charge in [0.1, 0.15) is 0 Å². The number of hydrogen-bond donors (Lipinski definition) is 1. The van der Waals surface area contributed by atoms with Crippen molar-refractivity contribution in [3.05, 3.63) is 0 Å². The zero-order valence-electron chi connectivity index (χ0n) is 13.3. The van der Waals surface area contributed by atoms with Crippen LogP contribution in [0.2, 0.25) is 0 Å². The summed E-state index contributed by atoms with van der Waals surface area (Å²) in [6, 6.07) is 1.58. The standard InChI is InChI=1S/C16H29F3N2/c1-3-9-20-15(5-4-8-16(17,18)19)12-10-13-6-7-14(11-12)21(13)2/h12-15,20H,3-11H2,1-2H3. The Kier molecular flexibility index (Phi) is 5.95. The van der Waals surface area contributed by atoms with Crippen LogP contribution in [0.25, 0.3) is 0 Å². The van der Waals surface area contributed by atoms with Gasteiger partial charge in [0, 0.05) is 24.5 Å². The van der Waals surface area contributed by atoms with Crippen LogP contribution >= 0.6 is 0 Å². The maximum Gasteiger partial charge on any atom is 0.389 e. The fourth-order valence-electron chi connectivity index (χ4n) is 4.14. The Balaban J connectivity index is 1.87. The van der Waals surface area contributed by atoms with Crippen LogP contribution in [0.3, 0.4) is 0 Å². The Bertz CT molecular complexity index is 305. The molecule has 2 aliphatic rings. The normalized spacial score (nSPS) is 31.6. The van der Waals surface area contributed by atoms with Crippen molar-refractivity contribution in [2.45, 2.75) is 82.6 Å². The zero-order chi connectivity index (χ0) is 15.5. The highest BCUT2D eigenvalue weighted by molar-refractivity contribution is 4.96. The second kappa shape index (κ2) is 7.32. The van der Waals surface area contributed by atoms with E-state index in [9.17, 15) is 13.2 Å². The van der Waals surface area contributed by atoms with Crippen LogP contribution in [0.1, 0.15) is 58.3 Å². The Morgan fingerprint density at radius 3 is 2.33 bits per heavy atom. The van der Waals surface area contributed by atoms with E-state index in [1.54, 1.807) is 0 Å². The number of nitrogens with one attached hydrogen (secondary N) is 1. The number of fused-ring (bicyclic) bond motifs is 2. The molecule has 2 saturated heterocycles. The van der Waals surface area contributed by atoms with E-state index in [1.807, 2.05) is 0 Å². The molecule has 2 bridgehead atoms. The first-order valence-electron chi connectivity index (χ1n) is 8.42. The van der Waals surface area contributed by atoms with Crippen LogP contribution in [0, 0.1) is 5.92 Å². The van der Waals surface area contributed by atoms with Crippen molar-refractivity contribution in [2.75, 3.05) is 13.6 Å². The largest absolute Gasteiger partial charge is 0.389 e. The van der Waals surface area contributed by atoms with Gasteiger partial charge < -0.3 is 10.2 Å². The van der Waals surface area contributed by atoms with Gasteiger partial charge in [0.05, 0.1) is 0 Å². The van der Waals surface area contributed by atoms with Gasteiger partial charge in [-0.25, -0.2) is 0 Å². The number of piperidine rings is 1. The Morgan fingerprint density at radius 1 is 1.19 bits per heavy atom. The van der Waals surface area contributed by atoms with Gasteiger partial charge in [-0.2, -0.15) is 13.2 Å². The first kappa shape index (κ1) is 17.1. The van der Waals surface area contributed by atoms with E-state index in [-0.39, 0.29) is 12.5 Å². The van der Waals surface area contributed by atoms with Crippen molar-refractivity contribution in [2.24, 2.45) is 5.92 Å². The van der Waals surface area contributed by atoms with Gasteiger partial charge >= 0.3 is 6.18 Å². The second-order valence-electron chi connectivity index (χ2n) is 6.85. The third-order valence-electron chi connectivity index (χ3n) is 5.34. The van der Waals surface area contributed by atoms with Crippen molar-refractivity contribution >= 4 is 0 Å². The molecule has 0 saturated carbocycles. The van der Waals surface area contributed by atoms with Gasteiger partial charge in [-0.05, 0) is 64.5 Å². The summed E-state index contributed by atoms with van der Waals surface area (Å²) in [5, 5.41) is 3.52. The third kappa shape index (κ3) is 4.85. The molecule has 0 aliphatic carbocycles. The van der Waals surface area contributed by atoms with Crippen LogP contribution in [-0.2, 0) is 0 Å². The fraction of sp³-hybridized carbons (Fsp3) is 1.00. The molecule has 2 nitrogen and oxygen atoms in total. The minimum absolute atomic E-state index is 0.257. The lowest BCUT2D eigenvalue weighted by Gasteiger charge is -2.40. The molecular formula is C16H29F3N2. The first-order valence-corrected chi connectivity index (χ1v) is 8.42. The number of nitrogens with zero attached hydrogens (tertiary/aromatic N) is 1. The smallest absolute Gasteiger partial charge is 0.314 e. The van der Waals surface area contributed by atoms with E-state index >= 15 is 0 Å². The second-order valence-corrected chi connectivity index (χ2v) is 6.85. The minimum atomic E-state index is -4.01. The summed E-state index contributed by atoms with van der Waals surface area (Å²) in [4.78, 5) is 2.49. The molecular weight excluding hydrogens is 277 g/mol. The average Bonchev–Trinajstić information content (AvgIpc) is 2.64. The Hall–Kier alpha value is -0.290. The molecule has 0 aromatic rings. The summed E-state index contributed by atoms with van der Waals surface area (Å²) >= 11 is 0. The number of hydrogen-bond acceptors (Lipinski definition) is 2. The molecule has 0 amide bonds. The van der Waals surface area contributed by atoms with Gasteiger partial charge in [-0.15, -0.1) is 0 Å². The molecule has 21 heavy (non-hydrogen) atoms. The van der Waals surface area contributed by atoms with Crippen LogP contribution in [0.15, 0.2) is 0 Å². The van der Waals surface area contributed by atoms with Crippen molar-refractivity contribution in [3.63, 3.8) is 0 Å². The summed E-state index contributed by atoms with van der Waals surface area (Å²) in [6.45, 7) is 3.02. The van der Waals surface area contributed by atoms with Gasteiger partial charge in [0.25, 0.3) is 0 Å². The molecule has 2 aliphatic heterocycles. The Morgan fingerprint density at radius 2 is 1.81 bits per heavy atom. The van der Waals surface area contributed by atoms with Crippen molar-refractivity contribution in [1.29, 1.82) is 0 Å². The number of rotatable bonds is 7. The lowest BCUT2D eigenvalue weighted by atomic mass is 9.83. The van der Waals surface area contributed by atoms with E-state index < -0.39 is 12.6 Å². The topological polar surface area (TPSA) is 15.3 Å². The average molecular weight is 306 g/mol. The molecule has 0 aromatic heterocycles. The van der Waals surface area contributed by atoms with Crippen LogP contribution in [-0.4, -0.2) is 42.8 Å². The molecule has 124 valence electrons. The van der Waals surface area contributed by atoms with Gasteiger partial charge in [0.15, 0.2) is 0 Å². The Labute approximate surface area is 126 Å². The third-order valence-corrected chi connectivity index (χ3v) is 5.34. The van der Waals surface area contributed by atoms with E-state index in [0.29, 0.717) is 24.4 Å². The zero-order valence-corrected chi connectivity index (χ0v) is 13.3. The monoisotopic (exact) mass is 306 g/mol. The first-order chi connectivity index (χ1) is 9.90. The highest BCUT2D eigenvalue weighted by atomic mass is 19.4. The van der Waals surface area contributed by atoms with Crippen molar-refractivity contribution < 1.29 is 13.2 Å². The molecule has 1 N–H and O–H groups in total. The number of alkyl halides is 3. The van der Waals surface area contributed by atoms with E-state index in [0.717, 1.165) is 25.8 Å². The molecule has 2 fully saturated rings. The fourth-order valence-corrected chi connectivity index (χ4v) is 4.14. The van der Waals surface area contributed by atoms with Gasteiger partial charge in [-0.1, -0.05) is 6.92 Å². The predicted octanol–water partition coefficient (Wildman–Crippen LogP) is 3.96. The van der Waals surface area contributed by atoms with E-state index in [2.05, 4.69) is 24.2 Å². The maximum absolute atomic E-state index is 12.4. The van der Waals surface area contributed by atoms with E-state index in [4.69, 9.17) is 0 Å². The highest BCUT2D eigenvalue weighted by Gasteiger charge is 2.40. The van der Waals surface area contributed by atoms with Crippen LogP contribution in [0.5, 0.6) is 0 Å². The molecule has 0 aromatic carbocycles. The lowest BCUT2D eigenvalue weighted by molar-refractivity contribution is -0.136. The number of halogens is 3. The molecule has 0 spiro atoms. The van der Waals surface area contributed by atoms with Crippen molar-refractivity contribution in [3.8, 4) is 0 Å². The SMILES string of the molecule is CCCNC(CCCC(F)(F)F)C1CC2CCC(C1)N2C. The van der Waals surface area contributed by atoms with Crippen molar-refractivity contribution in [1.82, 2.24) is 10.2 Å². The molecule has 3 atom stereocenters. The molecule has 3 unspecified atom stereocenters. The lowest BCUT2D eigenvalue weighted by Crippen LogP contribution is -2.47. The molecule has 0 radical (unpaired) electrons. The van der Waals surface area contributed by atoms with Crippen LogP contribution < -0.4 is 5.32 Å². The van der Waals surface area contributed by atoms with Crippen LogP contribution in [0.4, 0.5) is 13.2 Å². The van der Waals surface area contributed by atoms with Gasteiger partial charge in [-0.3, -0.25) is 0 Å². The quantitative estimate of drug-likeness (QED) is 0.766. The predicted molar refractivity (Wildman–Crippen MR) is 79.3 cm³/mol. The summed E-state index contributed by atoms with van der Waals surface area (Å²) in [5.74, 6) is 0.554. The summed E-state index contributed by atoms with van der Waals surface area (Å²) < 4.78 is 37.1. The summed E-state index contributed by atoms with van der Waals surface area (Å²) in [6.07, 6.45) is 2.13. The maximum atomic E-state index is 12.4. The molecule has 2 rings (SSSR count).